The number of likely N-dealkylation sites (tertiary alicyclic amines) is 2. The Morgan fingerprint density at radius 2 is 0.977 bits per heavy atom. The minimum atomic E-state index is -1.71. The monoisotopic (exact) mass is 1320 g/mol. The first-order chi connectivity index (χ1) is 42.1. The predicted octanol–water partition coefficient (Wildman–Crippen LogP) is 13.8. The van der Waals surface area contributed by atoms with Crippen LogP contribution in [0.25, 0.3) is 0 Å². The second kappa shape index (κ2) is 28.8. The molecule has 4 saturated carbocycles. The third-order valence-electron chi connectivity index (χ3n) is 21.7. The Kier molecular flexibility index (Phi) is 21.8. The van der Waals surface area contributed by atoms with Gasteiger partial charge in [-0.1, -0.05) is 155 Å². The molecule has 484 valence electrons. The van der Waals surface area contributed by atoms with Gasteiger partial charge in [0.25, 0.3) is 0 Å². The number of unbranched alkanes of at least 4 members (excludes halogenated alkanes) is 18. The average molecular weight is 1320 g/mol. The summed E-state index contributed by atoms with van der Waals surface area (Å²) >= 11 is 1.97. The molecular formula is C70H103IN2O14. The Labute approximate surface area is 531 Å². The lowest BCUT2D eigenvalue weighted by atomic mass is 9.47. The molecule has 4 heterocycles. The zero-order chi connectivity index (χ0) is 61.5. The summed E-state index contributed by atoms with van der Waals surface area (Å²) < 4.78 is 38.7. The smallest absolute Gasteiger partial charge is 0.504 e. The fourth-order valence-corrected chi connectivity index (χ4v) is 17.0. The van der Waals surface area contributed by atoms with Gasteiger partial charge in [-0.25, -0.2) is 9.59 Å². The van der Waals surface area contributed by atoms with E-state index in [-0.39, 0.29) is 24.6 Å². The van der Waals surface area contributed by atoms with Crippen molar-refractivity contribution in [3.05, 3.63) is 70.8 Å². The number of hydrogen-bond donors (Lipinski definition) is 5. The molecule has 10 aliphatic rings. The highest BCUT2D eigenvalue weighted by molar-refractivity contribution is 14.1. The van der Waals surface area contributed by atoms with E-state index in [0.29, 0.717) is 97.1 Å². The molecule has 2 unspecified atom stereocenters. The van der Waals surface area contributed by atoms with Crippen LogP contribution in [0.2, 0.25) is 0 Å². The molecule has 5 N–H and O–H groups in total. The highest BCUT2D eigenvalue weighted by atomic mass is 127. The van der Waals surface area contributed by atoms with Gasteiger partial charge in [0.05, 0.1) is 24.4 Å². The van der Waals surface area contributed by atoms with Gasteiger partial charge >= 0.3 is 12.3 Å². The molecule has 4 bridgehead atoms. The van der Waals surface area contributed by atoms with Gasteiger partial charge in [0.1, 0.15) is 15.4 Å². The molecular weight excluding hydrogens is 1220 g/mol. The van der Waals surface area contributed by atoms with Crippen LogP contribution in [0.3, 0.4) is 0 Å². The summed E-state index contributed by atoms with van der Waals surface area (Å²) in [4.78, 5) is 27.9. The van der Waals surface area contributed by atoms with Gasteiger partial charge in [-0.05, 0) is 172 Å². The van der Waals surface area contributed by atoms with Crippen molar-refractivity contribution in [2.45, 2.75) is 265 Å². The lowest BCUT2D eigenvalue weighted by Gasteiger charge is -2.65. The first-order valence-electron chi connectivity index (χ1n) is 34.0. The van der Waals surface area contributed by atoms with E-state index in [1.807, 2.05) is 40.8 Å². The lowest BCUT2D eigenvalue weighted by Crippen LogP contribution is -2.79. The van der Waals surface area contributed by atoms with Crippen molar-refractivity contribution in [3.63, 3.8) is 0 Å². The predicted molar refractivity (Wildman–Crippen MR) is 341 cm³/mol. The molecule has 0 aromatic heterocycles. The maximum absolute atomic E-state index is 12.5. The Bertz CT molecular complexity index is 2720. The Hall–Kier alpha value is -3.85. The highest BCUT2D eigenvalue weighted by Gasteiger charge is 2.80. The number of alkyl halides is 1. The number of halogens is 1. The average Bonchev–Trinajstić information content (AvgIpc) is 1.59. The Morgan fingerprint density at radius 3 is 1.43 bits per heavy atom. The number of carbonyl (C=O) groups is 2. The fraction of sp³-hybridized carbons (Fsp3) is 0.743. The zero-order valence-electron chi connectivity index (χ0n) is 52.5. The number of rotatable bonds is 30. The van der Waals surface area contributed by atoms with Gasteiger partial charge in [0.15, 0.2) is 23.0 Å². The van der Waals surface area contributed by atoms with Crippen molar-refractivity contribution in [1.29, 1.82) is 0 Å². The van der Waals surface area contributed by atoms with Crippen LogP contribution in [0.5, 0.6) is 23.0 Å². The van der Waals surface area contributed by atoms with Crippen LogP contribution < -0.4 is 14.2 Å². The summed E-state index contributed by atoms with van der Waals surface area (Å²) in [5.41, 5.74) is 0.877. The van der Waals surface area contributed by atoms with E-state index in [0.717, 1.165) is 92.9 Å². The molecule has 8 atom stereocenters. The number of hydrogen-bond acceptors (Lipinski definition) is 16. The van der Waals surface area contributed by atoms with Crippen molar-refractivity contribution >= 4 is 34.9 Å². The first-order valence-corrected chi connectivity index (χ1v) is 35.5. The molecule has 0 radical (unpaired) electrons. The van der Waals surface area contributed by atoms with Crippen LogP contribution in [0, 0.1) is 11.8 Å². The molecule has 4 aliphatic heterocycles. The van der Waals surface area contributed by atoms with Gasteiger partial charge in [0.2, 0.25) is 18.4 Å². The van der Waals surface area contributed by atoms with Crippen molar-refractivity contribution in [2.75, 3.05) is 50.8 Å². The van der Waals surface area contributed by atoms with E-state index < -0.39 is 45.9 Å². The summed E-state index contributed by atoms with van der Waals surface area (Å²) in [6, 6.07) is 7.32. The van der Waals surface area contributed by atoms with E-state index >= 15 is 0 Å². The number of aromatic hydroxyl groups is 1. The molecule has 16 nitrogen and oxygen atoms in total. The summed E-state index contributed by atoms with van der Waals surface area (Å²) in [6.45, 7) is 16.9. The molecule has 2 saturated heterocycles. The zero-order valence-corrected chi connectivity index (χ0v) is 54.7. The van der Waals surface area contributed by atoms with E-state index in [9.17, 15) is 35.1 Å². The van der Waals surface area contributed by atoms with Crippen LogP contribution in [-0.2, 0) is 42.6 Å². The third-order valence-corrected chi connectivity index (χ3v) is 22.0. The van der Waals surface area contributed by atoms with E-state index in [4.69, 9.17) is 28.4 Å². The molecule has 2 spiro atoms. The van der Waals surface area contributed by atoms with Crippen LogP contribution in [0.1, 0.15) is 229 Å². The Balaban J connectivity index is 0.000000161. The topological polar surface area (TPSA) is 206 Å². The maximum atomic E-state index is 12.5. The standard InChI is InChI=1S/C35H51NO7.C21H25NO4.C14H27IO3/c1-3-4-5-6-7-8-9-10-11-12-21-40-32(37)42-24-41-28-16-15-27-22-29-34(38)18-17-25(2)35(39)33(34,30(27)31(28)43-35)19-20-36(29)23-26-13-14-26;1-12-6-7-20(24)16-10-14-4-5-15(23)18-17(14)19(20,21(12,25)26-18)8-9-22(16)11-13-2-3-13;1-2-3-4-5-6-7-8-9-10-11-12-17-14(16)18-13-15/h15-16,26,29,38-39H,2-14,17-24H2,1H3;4-5,13,16,23-25H,1-3,6-11H2;2-13H2,1H3/t29?,33-,34-,35+;16?,19-,20-,21+;/m11./s1. The number of benzene rings is 2. The number of carbonyl (C=O) groups excluding carboxylic acids is 2. The normalized spacial score (nSPS) is 30.1. The lowest BCUT2D eigenvalue weighted by molar-refractivity contribution is -0.262. The van der Waals surface area contributed by atoms with Crippen LogP contribution in [0.15, 0.2) is 48.6 Å². The summed E-state index contributed by atoms with van der Waals surface area (Å²) in [6.07, 6.45) is 33.6. The molecule has 17 heteroatoms. The minimum Gasteiger partial charge on any atom is -0.504 e. The van der Waals surface area contributed by atoms with Gasteiger partial charge in [0, 0.05) is 36.3 Å². The fourth-order valence-electron chi connectivity index (χ4n) is 16.8. The second-order valence-electron chi connectivity index (χ2n) is 27.3. The third kappa shape index (κ3) is 13.0. The molecule has 0 amide bonds. The number of nitrogens with zero attached hydrogens (tertiary/aromatic N) is 2. The van der Waals surface area contributed by atoms with E-state index in [2.05, 4.69) is 41.5 Å². The number of phenolic OH excluding ortho intramolecular Hbond substituents is 1. The van der Waals surface area contributed by atoms with Gasteiger partial charge in [-0.15, -0.1) is 0 Å². The van der Waals surface area contributed by atoms with Crippen molar-refractivity contribution in [2.24, 2.45) is 11.8 Å². The second-order valence-corrected chi connectivity index (χ2v) is 27.9. The van der Waals surface area contributed by atoms with Crippen LogP contribution in [-0.4, -0.2) is 133 Å². The molecule has 2 aromatic rings. The van der Waals surface area contributed by atoms with Crippen LogP contribution >= 0.6 is 22.6 Å². The number of piperidine rings is 2. The molecule has 2 aromatic carbocycles. The number of aliphatic hydroxyl groups is 4. The molecule has 6 fully saturated rings. The summed E-state index contributed by atoms with van der Waals surface area (Å²) in [7, 11) is 0. The SMILES string of the molecule is C=C1CC[C@@]2(O)C3Cc4ccc(O)c5c4[C@@]2(CCN3CC2CC2)[C@@]1(O)O5.C=C1CC[C@@]2(O)C3Cc4ccc(OCOC(=O)OCCCCCCCCCCCC)c5c4[C@@]2(CCN3CC2CC2)[C@@]1(O)O5.CCCCCCCCCCCCOC(=O)OCI. The van der Waals surface area contributed by atoms with Crippen molar-refractivity contribution in [3.8, 4) is 23.0 Å². The molecule has 6 aliphatic carbocycles. The first kappa shape index (κ1) is 66.1. The highest BCUT2D eigenvalue weighted by Crippen LogP contribution is 2.71. The Morgan fingerprint density at radius 1 is 0.563 bits per heavy atom. The van der Waals surface area contributed by atoms with E-state index in [1.165, 1.54) is 122 Å². The largest absolute Gasteiger partial charge is 0.511 e. The quantitative estimate of drug-likeness (QED) is 0.0123. The van der Waals surface area contributed by atoms with Crippen molar-refractivity contribution in [1.82, 2.24) is 9.80 Å². The summed E-state index contributed by atoms with van der Waals surface area (Å²) in [5, 5.41) is 58.9. The molecule has 12 rings (SSSR count). The number of ether oxygens (including phenoxy) is 7. The number of phenols is 1. The molecule has 87 heavy (non-hydrogen) atoms. The van der Waals surface area contributed by atoms with Crippen LogP contribution in [0.4, 0.5) is 9.59 Å². The van der Waals surface area contributed by atoms with Gasteiger partial charge in [-0.2, -0.15) is 0 Å². The maximum Gasteiger partial charge on any atom is 0.511 e. The minimum absolute atomic E-state index is 0.0249. The summed E-state index contributed by atoms with van der Waals surface area (Å²) in [5.74, 6) is -0.692. The van der Waals surface area contributed by atoms with E-state index in [1.54, 1.807) is 6.07 Å². The van der Waals surface area contributed by atoms with Gasteiger partial charge < -0.3 is 58.7 Å². The van der Waals surface area contributed by atoms with Gasteiger partial charge in [-0.3, -0.25) is 9.80 Å². The van der Waals surface area contributed by atoms with Crippen molar-refractivity contribution < 1.29 is 68.3 Å².